The van der Waals surface area contributed by atoms with Gasteiger partial charge < -0.3 is 20.3 Å². The quantitative estimate of drug-likeness (QED) is 0.617. The van der Waals surface area contributed by atoms with Crippen LogP contribution in [0.4, 0.5) is 4.39 Å². The number of carbonyl (C=O) groups excluding carboxylic acids is 1. The van der Waals surface area contributed by atoms with Crippen LogP contribution in [-0.4, -0.2) is 56.0 Å². The van der Waals surface area contributed by atoms with Crippen LogP contribution in [0, 0.1) is 5.82 Å². The summed E-state index contributed by atoms with van der Waals surface area (Å²) in [6.07, 6.45) is 6.57. The second-order valence-corrected chi connectivity index (χ2v) is 8.51. The van der Waals surface area contributed by atoms with Gasteiger partial charge in [0.15, 0.2) is 0 Å². The zero-order valence-electron chi connectivity index (χ0n) is 17.4. The number of aliphatic hydroxyl groups excluding tert-OH is 1. The van der Waals surface area contributed by atoms with Crippen molar-refractivity contribution in [3.05, 3.63) is 47.5 Å². The fraction of sp³-hybridized carbons (Fsp3) is 0.591. The van der Waals surface area contributed by atoms with Gasteiger partial charge >= 0.3 is 0 Å². The zero-order chi connectivity index (χ0) is 21.8. The molecule has 2 aromatic rings. The molecular weight excluding hydrogens is 403 g/mol. The molecule has 2 fully saturated rings. The molecule has 8 nitrogen and oxygen atoms in total. The third-order valence-corrected chi connectivity index (χ3v) is 6.36. The van der Waals surface area contributed by atoms with E-state index in [1.165, 1.54) is 18.2 Å². The van der Waals surface area contributed by atoms with Gasteiger partial charge in [-0.25, -0.2) is 4.39 Å². The molecule has 3 atom stereocenters. The number of nitrogens with zero attached hydrogens (tertiary/aromatic N) is 3. The Morgan fingerprint density at radius 2 is 2.06 bits per heavy atom. The van der Waals surface area contributed by atoms with Gasteiger partial charge in [0, 0.05) is 6.54 Å². The average molecular weight is 432 g/mol. The molecule has 9 heteroatoms. The molecule has 168 valence electrons. The average Bonchev–Trinajstić information content (AvgIpc) is 3.43. The molecule has 0 radical (unpaired) electrons. The van der Waals surface area contributed by atoms with Crippen LogP contribution in [0.5, 0.6) is 0 Å². The van der Waals surface area contributed by atoms with Crippen molar-refractivity contribution in [2.75, 3.05) is 6.61 Å². The Hall–Kier alpha value is -2.36. The van der Waals surface area contributed by atoms with Crippen LogP contribution in [0.1, 0.15) is 61.0 Å². The monoisotopic (exact) mass is 432 g/mol. The maximum absolute atomic E-state index is 13.9. The van der Waals surface area contributed by atoms with Gasteiger partial charge in [0.25, 0.3) is 5.91 Å². The molecule has 2 heterocycles. The molecule has 1 aromatic heterocycles. The number of hydrogen-bond donors (Lipinski definition) is 3. The van der Waals surface area contributed by atoms with Crippen molar-refractivity contribution in [1.82, 2.24) is 20.3 Å². The molecule has 0 unspecified atom stereocenters. The highest BCUT2D eigenvalue weighted by molar-refractivity contribution is 5.94. The molecule has 1 aromatic carbocycles. The predicted octanol–water partition coefficient (Wildman–Crippen LogP) is 1.91. The van der Waals surface area contributed by atoms with Crippen LogP contribution in [0.25, 0.3) is 0 Å². The zero-order valence-corrected chi connectivity index (χ0v) is 17.4. The third kappa shape index (κ3) is 4.94. The smallest absolute Gasteiger partial charge is 0.254 e. The van der Waals surface area contributed by atoms with E-state index >= 15 is 0 Å². The lowest BCUT2D eigenvalue weighted by atomic mass is 9.96. The Kier molecular flexibility index (Phi) is 6.64. The van der Waals surface area contributed by atoms with Crippen molar-refractivity contribution in [1.29, 1.82) is 0 Å². The normalized spacial score (nSPS) is 25.5. The first kappa shape index (κ1) is 21.9. The highest BCUT2D eigenvalue weighted by atomic mass is 19.1. The van der Waals surface area contributed by atoms with E-state index in [0.717, 1.165) is 25.7 Å². The first-order chi connectivity index (χ1) is 15.0. The lowest BCUT2D eigenvalue weighted by Crippen LogP contribution is -2.51. The summed E-state index contributed by atoms with van der Waals surface area (Å²) in [5, 5.41) is 31.5. The van der Waals surface area contributed by atoms with Gasteiger partial charge in [0.2, 0.25) is 0 Å². The lowest BCUT2D eigenvalue weighted by Gasteiger charge is -2.36. The van der Waals surface area contributed by atoms with Gasteiger partial charge in [-0.15, -0.1) is 5.10 Å². The second-order valence-electron chi connectivity index (χ2n) is 8.51. The Morgan fingerprint density at radius 3 is 2.81 bits per heavy atom. The Bertz CT molecular complexity index is 899. The first-order valence-electron chi connectivity index (χ1n) is 10.9. The van der Waals surface area contributed by atoms with E-state index in [9.17, 15) is 19.4 Å². The van der Waals surface area contributed by atoms with E-state index in [2.05, 4.69) is 15.6 Å². The Balaban J connectivity index is 1.29. The number of nitrogens with one attached hydrogen (secondary N) is 1. The van der Waals surface area contributed by atoms with Gasteiger partial charge in [-0.05, 0) is 44.2 Å². The summed E-state index contributed by atoms with van der Waals surface area (Å²) in [5.74, 6) is -1.09. The second kappa shape index (κ2) is 9.42. The van der Waals surface area contributed by atoms with Crippen LogP contribution in [-0.2, 0) is 16.9 Å². The van der Waals surface area contributed by atoms with Gasteiger partial charge in [0.05, 0.1) is 30.5 Å². The van der Waals surface area contributed by atoms with E-state index in [1.807, 2.05) is 0 Å². The molecular formula is C22H29FN4O4. The standard InChI is InChI=1S/C22H29FN4O4/c23-17-6-2-1-5-16(17)21(29)24-18-8-7-15(31-19(18)14-28)9-12-27-13-20(25-26-27)22(30)10-3-4-11-22/h1-2,5-6,13,15,18-19,28,30H,3-4,7-12,14H2,(H,24,29)/t15-,18+,19-/m0/s1. The van der Waals surface area contributed by atoms with Crippen molar-refractivity contribution in [3.8, 4) is 0 Å². The van der Waals surface area contributed by atoms with Crippen molar-refractivity contribution in [3.63, 3.8) is 0 Å². The van der Waals surface area contributed by atoms with Crippen molar-refractivity contribution < 1.29 is 24.1 Å². The van der Waals surface area contributed by atoms with E-state index < -0.39 is 23.4 Å². The van der Waals surface area contributed by atoms with E-state index in [0.29, 0.717) is 31.5 Å². The van der Waals surface area contributed by atoms with Crippen LogP contribution in [0.3, 0.4) is 0 Å². The summed E-state index contributed by atoms with van der Waals surface area (Å²) in [6.45, 7) is 0.345. The van der Waals surface area contributed by atoms with Gasteiger partial charge in [-0.3, -0.25) is 9.48 Å². The Labute approximate surface area is 180 Å². The lowest BCUT2D eigenvalue weighted by molar-refractivity contribution is -0.0912. The van der Waals surface area contributed by atoms with Crippen LogP contribution in [0.2, 0.25) is 0 Å². The number of hydrogen-bond acceptors (Lipinski definition) is 6. The molecule has 2 aliphatic rings. The molecule has 1 aliphatic carbocycles. The van der Waals surface area contributed by atoms with Crippen LogP contribution < -0.4 is 5.32 Å². The van der Waals surface area contributed by atoms with Crippen molar-refractivity contribution >= 4 is 5.91 Å². The number of aliphatic hydroxyl groups is 2. The van der Waals surface area contributed by atoms with Crippen LogP contribution >= 0.6 is 0 Å². The molecule has 1 saturated heterocycles. The summed E-state index contributed by atoms with van der Waals surface area (Å²) >= 11 is 0. The summed E-state index contributed by atoms with van der Waals surface area (Å²) in [5.41, 5.74) is -0.253. The summed E-state index contributed by atoms with van der Waals surface area (Å²) in [4.78, 5) is 12.4. The van der Waals surface area contributed by atoms with Gasteiger partial charge in [0.1, 0.15) is 23.2 Å². The number of amides is 1. The fourth-order valence-electron chi connectivity index (χ4n) is 4.51. The number of aryl methyl sites for hydroxylation is 1. The number of ether oxygens (including phenoxy) is 1. The minimum Gasteiger partial charge on any atom is -0.394 e. The van der Waals surface area contributed by atoms with E-state index in [1.54, 1.807) is 16.9 Å². The molecule has 1 aliphatic heterocycles. The molecule has 1 amide bonds. The minimum atomic E-state index is -0.856. The summed E-state index contributed by atoms with van der Waals surface area (Å²) in [7, 11) is 0. The molecule has 0 spiro atoms. The maximum Gasteiger partial charge on any atom is 0.254 e. The van der Waals surface area contributed by atoms with Crippen molar-refractivity contribution in [2.45, 2.75) is 75.3 Å². The topological polar surface area (TPSA) is 110 Å². The molecule has 3 N–H and O–H groups in total. The van der Waals surface area contributed by atoms with E-state index in [-0.39, 0.29) is 24.3 Å². The summed E-state index contributed by atoms with van der Waals surface area (Å²) in [6, 6.07) is 5.42. The third-order valence-electron chi connectivity index (χ3n) is 6.36. The largest absolute Gasteiger partial charge is 0.394 e. The van der Waals surface area contributed by atoms with Crippen molar-refractivity contribution in [2.24, 2.45) is 0 Å². The maximum atomic E-state index is 13.9. The van der Waals surface area contributed by atoms with Gasteiger partial charge in [-0.2, -0.15) is 0 Å². The molecule has 31 heavy (non-hydrogen) atoms. The number of carbonyl (C=O) groups is 1. The highest BCUT2D eigenvalue weighted by Crippen LogP contribution is 2.37. The van der Waals surface area contributed by atoms with E-state index in [4.69, 9.17) is 4.74 Å². The first-order valence-corrected chi connectivity index (χ1v) is 10.9. The SMILES string of the molecule is O=C(N[C@@H]1CC[C@@H](CCn2cc(C3(O)CCCC3)nn2)O[C@H]1CO)c1ccccc1F. The number of halogens is 1. The molecule has 0 bridgehead atoms. The molecule has 1 saturated carbocycles. The number of benzene rings is 1. The Morgan fingerprint density at radius 1 is 1.29 bits per heavy atom. The number of aromatic nitrogens is 3. The fourth-order valence-corrected chi connectivity index (χ4v) is 4.51. The van der Waals surface area contributed by atoms with Gasteiger partial charge in [-0.1, -0.05) is 30.2 Å². The predicted molar refractivity (Wildman–Crippen MR) is 110 cm³/mol. The van der Waals surface area contributed by atoms with Crippen LogP contribution in [0.15, 0.2) is 30.5 Å². The molecule has 4 rings (SSSR count). The summed E-state index contributed by atoms with van der Waals surface area (Å²) < 4.78 is 21.6. The number of rotatable bonds is 7. The minimum absolute atomic E-state index is 0.0211. The highest BCUT2D eigenvalue weighted by Gasteiger charge is 2.36.